The van der Waals surface area contributed by atoms with Crippen LogP contribution in [0.2, 0.25) is 0 Å². The van der Waals surface area contributed by atoms with Crippen molar-refractivity contribution in [1.29, 1.82) is 0 Å². The van der Waals surface area contributed by atoms with Crippen molar-refractivity contribution in [1.82, 2.24) is 20.5 Å². The number of carbonyl (C=O) groups excluding carboxylic acids is 1. The van der Waals surface area contributed by atoms with Gasteiger partial charge in [-0.3, -0.25) is 9.59 Å². The number of piperidine rings is 2. The van der Waals surface area contributed by atoms with Gasteiger partial charge in [0.15, 0.2) is 0 Å². The van der Waals surface area contributed by atoms with E-state index in [1.165, 1.54) is 46.6 Å². The monoisotopic (exact) mass is 799 g/mol. The zero-order valence-corrected chi connectivity index (χ0v) is 37.5. The molecule has 6 rings (SSSR count). The molecule has 0 saturated carbocycles. The molecule has 4 atom stereocenters. The van der Waals surface area contributed by atoms with E-state index in [0.717, 1.165) is 50.8 Å². The highest BCUT2D eigenvalue weighted by atomic mass is 16.5. The Hall–Kier alpha value is -4.31. The van der Waals surface area contributed by atoms with Crippen LogP contribution in [0, 0.1) is 0 Å². The van der Waals surface area contributed by atoms with Gasteiger partial charge in [-0.05, 0) is 100 Å². The summed E-state index contributed by atoms with van der Waals surface area (Å²) in [6, 6.07) is 17.4. The van der Waals surface area contributed by atoms with Gasteiger partial charge in [0.1, 0.15) is 11.5 Å². The zero-order chi connectivity index (χ0) is 42.8. The minimum atomic E-state index is -0.304. The number of hydrogen-bond acceptors (Lipinski definition) is 7. The van der Waals surface area contributed by atoms with Gasteiger partial charge in [0.05, 0.1) is 7.11 Å². The topological polar surface area (TPSA) is 134 Å². The predicted octanol–water partition coefficient (Wildman–Crippen LogP) is 9.76. The third-order valence-electron chi connectivity index (χ3n) is 11.9. The summed E-state index contributed by atoms with van der Waals surface area (Å²) in [6.07, 6.45) is 4.88. The number of amides is 1. The first kappa shape index (κ1) is 44.8. The van der Waals surface area contributed by atoms with Crippen LogP contribution in [-0.2, 0) is 39.2 Å². The summed E-state index contributed by atoms with van der Waals surface area (Å²) in [4.78, 5) is 37.3. The Morgan fingerprint density at radius 1 is 0.638 bits per heavy atom. The molecule has 58 heavy (non-hydrogen) atoms. The molecule has 2 saturated heterocycles. The Bertz CT molecular complexity index is 2040. The van der Waals surface area contributed by atoms with Crippen LogP contribution in [-0.4, -0.2) is 53.6 Å². The van der Waals surface area contributed by atoms with E-state index in [1.54, 1.807) is 6.07 Å². The summed E-state index contributed by atoms with van der Waals surface area (Å²) in [5, 5.41) is 8.48. The lowest BCUT2D eigenvalue weighted by Gasteiger charge is -2.38. The van der Waals surface area contributed by atoms with Crippen molar-refractivity contribution >= 4 is 6.09 Å². The minimum absolute atomic E-state index is 0.0294. The maximum absolute atomic E-state index is 12.5. The average Bonchev–Trinajstić information content (AvgIpc) is 3.78. The number of nitrogens with zero attached hydrogens (tertiary/aromatic N) is 1. The first-order valence-corrected chi connectivity index (χ1v) is 21.2. The average molecular weight is 799 g/mol. The first-order chi connectivity index (χ1) is 26.9. The second-order valence-corrected chi connectivity index (χ2v) is 20.9. The highest BCUT2D eigenvalue weighted by Crippen LogP contribution is 2.36. The van der Waals surface area contributed by atoms with Gasteiger partial charge in [0.25, 0.3) is 11.1 Å². The highest BCUT2D eigenvalue weighted by molar-refractivity contribution is 5.68. The third kappa shape index (κ3) is 11.7. The number of nitrogens with one attached hydrogen (secondary N) is 3. The Morgan fingerprint density at radius 2 is 1.07 bits per heavy atom. The molecule has 10 nitrogen and oxygen atoms in total. The molecule has 0 bridgehead atoms. The van der Waals surface area contributed by atoms with Crippen molar-refractivity contribution in [3.63, 3.8) is 0 Å². The second kappa shape index (κ2) is 17.5. The number of carbonyl (C=O) groups is 1. The van der Waals surface area contributed by atoms with E-state index in [2.05, 4.69) is 135 Å². The molecule has 0 radical (unpaired) electrons. The van der Waals surface area contributed by atoms with Gasteiger partial charge in [0.2, 0.25) is 0 Å². The Balaban J connectivity index is 0.000000223. The molecule has 318 valence electrons. The van der Waals surface area contributed by atoms with Gasteiger partial charge >= 0.3 is 6.09 Å². The number of H-pyrrole nitrogens is 2. The summed E-state index contributed by atoms with van der Waals surface area (Å²) in [5.74, 6) is 1.87. The minimum Gasteiger partial charge on any atom is -0.453 e. The van der Waals surface area contributed by atoms with Crippen molar-refractivity contribution in [3.8, 4) is 0 Å². The van der Waals surface area contributed by atoms with E-state index < -0.39 is 0 Å². The van der Waals surface area contributed by atoms with Crippen LogP contribution in [0.5, 0.6) is 0 Å². The summed E-state index contributed by atoms with van der Waals surface area (Å²) in [6.45, 7) is 28.6. The third-order valence-corrected chi connectivity index (χ3v) is 11.9. The van der Waals surface area contributed by atoms with Gasteiger partial charge in [-0.2, -0.15) is 10.3 Å². The number of methoxy groups -OCH3 is 1. The lowest BCUT2D eigenvalue weighted by atomic mass is 9.78. The number of aromatic nitrogens is 2. The van der Waals surface area contributed by atoms with Crippen LogP contribution in [0.4, 0.5) is 4.79 Å². The summed E-state index contributed by atoms with van der Waals surface area (Å²) in [7, 11) is 1.43. The molecular weight excluding hydrogens is 729 g/mol. The molecule has 4 aromatic rings. The lowest BCUT2D eigenvalue weighted by Crippen LogP contribution is -2.46. The molecule has 2 aromatic heterocycles. The molecule has 0 aliphatic carbocycles. The number of rotatable bonds is 6. The molecule has 2 unspecified atom stereocenters. The SMILES string of the molecule is CC(C)(C)c1cc(C[C@@H]2C[C@@H](c3cc(=O)[nH]o3)CCN2)cc(C(C)(C)C)c1.COC(=O)N1CCC(c2cc(=O)[nH]o2)CC1Cc1cc(C(C)(C)C)cc(C(C)(C)C)c1. The first-order valence-electron chi connectivity index (χ1n) is 21.2. The Labute approximate surface area is 345 Å². The van der Waals surface area contributed by atoms with Crippen molar-refractivity contribution in [2.75, 3.05) is 20.2 Å². The number of ether oxygens (including phenoxy) is 1. The molecule has 2 fully saturated rings. The van der Waals surface area contributed by atoms with E-state index >= 15 is 0 Å². The molecule has 10 heteroatoms. The lowest BCUT2D eigenvalue weighted by molar-refractivity contribution is 0.0816. The largest absolute Gasteiger partial charge is 0.453 e. The quantitative estimate of drug-likeness (QED) is 0.177. The van der Waals surface area contributed by atoms with E-state index in [1.807, 2.05) is 4.90 Å². The molecule has 2 aliphatic heterocycles. The molecule has 2 aromatic carbocycles. The Morgan fingerprint density at radius 3 is 1.47 bits per heavy atom. The molecule has 3 N–H and O–H groups in total. The van der Waals surface area contributed by atoms with E-state index in [0.29, 0.717) is 24.3 Å². The van der Waals surface area contributed by atoms with Gasteiger partial charge < -0.3 is 24.0 Å². The number of likely N-dealkylation sites (tertiary alicyclic amines) is 1. The van der Waals surface area contributed by atoms with E-state index in [4.69, 9.17) is 13.8 Å². The normalized spacial score (nSPS) is 20.7. The standard InChI is InChI=1S/C25H36N2O4.C23H34N2O2/c1-24(2,3)18-10-16(11-19(14-18)25(4,5)6)12-20-13-17(21-15-22(28)26-31-21)8-9-27(20)23(29)30-7;1-22(2,3)17-9-15(10-18(13-17)23(4,5)6)11-19-12-16(7-8-24-19)20-14-21(26)25-27-20/h10-11,14-15,17,20H,8-9,12-13H2,1-7H3,(H,26,28);9-10,13-14,16,19,24H,7-8,11-12H2,1-6H3,(H,25,26)/t;16-,19+/m.0/s1. The summed E-state index contributed by atoms with van der Waals surface area (Å²) < 4.78 is 15.8. The van der Waals surface area contributed by atoms with Gasteiger partial charge in [-0.25, -0.2) is 4.79 Å². The van der Waals surface area contributed by atoms with Crippen LogP contribution < -0.4 is 16.4 Å². The maximum Gasteiger partial charge on any atom is 0.409 e. The van der Waals surface area contributed by atoms with Gasteiger partial charge in [0, 0.05) is 42.6 Å². The van der Waals surface area contributed by atoms with Gasteiger partial charge in [-0.1, -0.05) is 119 Å². The van der Waals surface area contributed by atoms with Crippen molar-refractivity contribution in [3.05, 3.63) is 114 Å². The van der Waals surface area contributed by atoms with Crippen LogP contribution in [0.25, 0.3) is 0 Å². The zero-order valence-electron chi connectivity index (χ0n) is 37.5. The van der Waals surface area contributed by atoms with Crippen LogP contribution in [0.3, 0.4) is 0 Å². The molecule has 2 aliphatic rings. The summed E-state index contributed by atoms with van der Waals surface area (Å²) in [5.41, 5.74) is 7.94. The molecule has 0 spiro atoms. The van der Waals surface area contributed by atoms with Crippen LogP contribution in [0.15, 0.2) is 67.2 Å². The number of benzene rings is 2. The highest BCUT2D eigenvalue weighted by Gasteiger charge is 2.35. The number of aromatic amines is 2. The van der Waals surface area contributed by atoms with Crippen molar-refractivity contribution < 1.29 is 18.6 Å². The number of hydrogen-bond donors (Lipinski definition) is 3. The molecule has 1 amide bonds. The maximum atomic E-state index is 12.5. The van der Waals surface area contributed by atoms with Crippen LogP contribution >= 0.6 is 0 Å². The van der Waals surface area contributed by atoms with E-state index in [-0.39, 0.29) is 50.8 Å². The van der Waals surface area contributed by atoms with Crippen molar-refractivity contribution in [2.45, 2.75) is 167 Å². The van der Waals surface area contributed by atoms with Crippen molar-refractivity contribution in [2.24, 2.45) is 0 Å². The fourth-order valence-electron chi connectivity index (χ4n) is 8.19. The van der Waals surface area contributed by atoms with E-state index in [9.17, 15) is 14.4 Å². The molecular formula is C48H70N4O6. The molecule has 4 heterocycles. The smallest absolute Gasteiger partial charge is 0.409 e. The fraction of sp³-hybridized carbons (Fsp3) is 0.604. The fourth-order valence-corrected chi connectivity index (χ4v) is 8.19. The summed E-state index contributed by atoms with van der Waals surface area (Å²) >= 11 is 0. The second-order valence-electron chi connectivity index (χ2n) is 20.9. The van der Waals surface area contributed by atoms with Gasteiger partial charge in [-0.15, -0.1) is 0 Å². The Kier molecular flexibility index (Phi) is 13.5. The predicted molar refractivity (Wildman–Crippen MR) is 232 cm³/mol. The van der Waals surface area contributed by atoms with Crippen LogP contribution in [0.1, 0.15) is 166 Å².